The summed E-state index contributed by atoms with van der Waals surface area (Å²) in [6.07, 6.45) is 1.48. The average Bonchev–Trinajstić information content (AvgIpc) is 2.63. The van der Waals surface area contributed by atoms with E-state index in [0.717, 1.165) is 22.3 Å². The van der Waals surface area contributed by atoms with E-state index in [4.69, 9.17) is 4.74 Å². The van der Waals surface area contributed by atoms with Gasteiger partial charge in [0.1, 0.15) is 11.3 Å². The number of nitrogens with one attached hydrogen (secondary N) is 1. The number of ether oxygens (including phenoxy) is 1. The molecule has 0 spiro atoms. The van der Waals surface area contributed by atoms with Crippen molar-refractivity contribution in [3.05, 3.63) is 59.1 Å². The van der Waals surface area contributed by atoms with Crippen molar-refractivity contribution < 1.29 is 19.1 Å². The van der Waals surface area contributed by atoms with Gasteiger partial charge in [0.15, 0.2) is 0 Å². The molecule has 0 atom stereocenters. The lowest BCUT2D eigenvalue weighted by atomic mass is 10.1. The van der Waals surface area contributed by atoms with Crippen LogP contribution in [0.3, 0.4) is 0 Å². The summed E-state index contributed by atoms with van der Waals surface area (Å²) in [5.74, 6) is -0.630. The van der Waals surface area contributed by atoms with Crippen LogP contribution in [0.5, 0.6) is 5.75 Å². The van der Waals surface area contributed by atoms with Gasteiger partial charge in [0.2, 0.25) is 0 Å². The maximum absolute atomic E-state index is 12.9. The molecular formula is C19H13BrI2N2O4. The fourth-order valence-corrected chi connectivity index (χ4v) is 4.99. The first-order valence-corrected chi connectivity index (χ1v) is 11.1. The molecule has 1 saturated heterocycles. The Morgan fingerprint density at radius 1 is 1.11 bits per heavy atom. The van der Waals surface area contributed by atoms with Crippen LogP contribution in [-0.4, -0.2) is 24.5 Å². The van der Waals surface area contributed by atoms with Crippen molar-refractivity contribution >= 4 is 90.7 Å². The van der Waals surface area contributed by atoms with Crippen LogP contribution in [0.25, 0.3) is 6.08 Å². The molecule has 0 unspecified atom stereocenters. The smallest absolute Gasteiger partial charge is 0.335 e. The van der Waals surface area contributed by atoms with Gasteiger partial charge in [-0.05, 0) is 100 Å². The van der Waals surface area contributed by atoms with Gasteiger partial charge in [-0.3, -0.25) is 14.9 Å². The Balaban J connectivity index is 2.00. The molecule has 0 saturated carbocycles. The highest BCUT2D eigenvalue weighted by Gasteiger charge is 2.36. The molecule has 9 heteroatoms. The van der Waals surface area contributed by atoms with E-state index >= 15 is 0 Å². The maximum atomic E-state index is 12.9. The average molecular weight is 667 g/mol. The number of imide groups is 2. The third kappa shape index (κ3) is 4.40. The lowest BCUT2D eigenvalue weighted by Crippen LogP contribution is -2.54. The van der Waals surface area contributed by atoms with Crippen LogP contribution in [0.1, 0.15) is 12.5 Å². The van der Waals surface area contributed by atoms with Crippen molar-refractivity contribution in [2.24, 2.45) is 0 Å². The van der Waals surface area contributed by atoms with Crippen LogP contribution < -0.4 is 15.0 Å². The van der Waals surface area contributed by atoms with Gasteiger partial charge in [-0.2, -0.15) is 0 Å². The molecule has 0 aromatic heterocycles. The molecule has 4 amide bonds. The minimum Gasteiger partial charge on any atom is -0.492 e. The van der Waals surface area contributed by atoms with Crippen LogP contribution in [0.15, 0.2) is 46.4 Å². The first-order valence-electron chi connectivity index (χ1n) is 8.10. The van der Waals surface area contributed by atoms with Gasteiger partial charge in [0.05, 0.1) is 19.4 Å². The second kappa shape index (κ2) is 8.91. The summed E-state index contributed by atoms with van der Waals surface area (Å²) < 4.78 is 8.15. The lowest BCUT2D eigenvalue weighted by molar-refractivity contribution is -0.122. The Morgan fingerprint density at radius 3 is 2.29 bits per heavy atom. The van der Waals surface area contributed by atoms with Gasteiger partial charge in [-0.15, -0.1) is 0 Å². The lowest BCUT2D eigenvalue weighted by Gasteiger charge is -2.26. The predicted octanol–water partition coefficient (Wildman–Crippen LogP) is 4.72. The highest BCUT2D eigenvalue weighted by atomic mass is 127. The van der Waals surface area contributed by atoms with Crippen molar-refractivity contribution in [1.82, 2.24) is 5.32 Å². The third-order valence-corrected chi connectivity index (χ3v) is 5.94. The Kier molecular flexibility index (Phi) is 6.76. The molecule has 1 N–H and O–H groups in total. The fraction of sp³-hybridized carbons (Fsp3) is 0.105. The molecule has 0 aliphatic carbocycles. The first kappa shape index (κ1) is 21.2. The Labute approximate surface area is 197 Å². The zero-order valence-corrected chi connectivity index (χ0v) is 20.4. The number of halogens is 3. The van der Waals surface area contributed by atoms with E-state index in [2.05, 4.69) is 66.4 Å². The molecular weight excluding hydrogens is 654 g/mol. The highest BCUT2D eigenvalue weighted by molar-refractivity contribution is 14.1. The molecule has 0 bridgehead atoms. The maximum Gasteiger partial charge on any atom is 0.335 e. The number of hydrogen-bond acceptors (Lipinski definition) is 4. The standard InChI is InChI=1S/C19H13BrI2N2O4/c1-2-28-16-14(21)8-10(9-15(16)22)7-13-17(25)23-19(27)24(18(13)26)12-5-3-11(20)4-6-12/h3-9H,2H2,1H3,(H,23,25,27)/b13-7+. The summed E-state index contributed by atoms with van der Waals surface area (Å²) in [6.45, 7) is 2.44. The number of barbiturate groups is 1. The van der Waals surface area contributed by atoms with E-state index in [9.17, 15) is 14.4 Å². The van der Waals surface area contributed by atoms with Crippen LogP contribution in [0.2, 0.25) is 0 Å². The Bertz CT molecular complexity index is 982. The monoisotopic (exact) mass is 666 g/mol. The molecule has 0 radical (unpaired) electrons. The van der Waals surface area contributed by atoms with Gasteiger partial charge in [0.25, 0.3) is 11.8 Å². The summed E-state index contributed by atoms with van der Waals surface area (Å²) >= 11 is 7.61. The number of carbonyl (C=O) groups is 3. The van der Waals surface area contributed by atoms with Crippen molar-refractivity contribution in [3.63, 3.8) is 0 Å². The normalized spacial score (nSPS) is 15.8. The predicted molar refractivity (Wildman–Crippen MR) is 126 cm³/mol. The number of rotatable bonds is 4. The van der Waals surface area contributed by atoms with Crippen LogP contribution in [0.4, 0.5) is 10.5 Å². The zero-order chi connectivity index (χ0) is 20.4. The number of anilines is 1. The molecule has 2 aromatic carbocycles. The quantitative estimate of drug-likeness (QED) is 0.291. The molecule has 6 nitrogen and oxygen atoms in total. The molecule has 1 fully saturated rings. The molecule has 2 aromatic rings. The number of benzene rings is 2. The van der Waals surface area contributed by atoms with Gasteiger partial charge in [0, 0.05) is 4.47 Å². The van der Waals surface area contributed by atoms with Crippen LogP contribution >= 0.6 is 61.1 Å². The minimum absolute atomic E-state index is 0.113. The molecule has 1 heterocycles. The van der Waals surface area contributed by atoms with Gasteiger partial charge in [-0.25, -0.2) is 9.69 Å². The van der Waals surface area contributed by atoms with Gasteiger partial charge < -0.3 is 4.74 Å². The van der Waals surface area contributed by atoms with Crippen LogP contribution in [0, 0.1) is 7.14 Å². The Hall–Kier alpha value is -1.47. The summed E-state index contributed by atoms with van der Waals surface area (Å²) in [4.78, 5) is 38.4. The van der Waals surface area contributed by atoms with E-state index in [0.29, 0.717) is 17.9 Å². The van der Waals surface area contributed by atoms with Gasteiger partial charge >= 0.3 is 6.03 Å². The van der Waals surface area contributed by atoms with E-state index in [1.165, 1.54) is 6.08 Å². The third-order valence-electron chi connectivity index (χ3n) is 3.81. The molecule has 1 aliphatic rings. The number of carbonyl (C=O) groups excluding carboxylic acids is 3. The van der Waals surface area contributed by atoms with E-state index < -0.39 is 17.8 Å². The van der Waals surface area contributed by atoms with Crippen molar-refractivity contribution in [3.8, 4) is 5.75 Å². The number of amides is 4. The number of nitrogens with zero attached hydrogens (tertiary/aromatic N) is 1. The molecule has 1 aliphatic heterocycles. The summed E-state index contributed by atoms with van der Waals surface area (Å²) in [7, 11) is 0. The summed E-state index contributed by atoms with van der Waals surface area (Å²) in [5.41, 5.74) is 0.930. The van der Waals surface area contributed by atoms with Crippen molar-refractivity contribution in [1.29, 1.82) is 0 Å². The topological polar surface area (TPSA) is 75.7 Å². The number of hydrogen-bond donors (Lipinski definition) is 1. The van der Waals surface area contributed by atoms with E-state index in [-0.39, 0.29) is 5.57 Å². The molecule has 144 valence electrons. The van der Waals surface area contributed by atoms with Crippen molar-refractivity contribution in [2.45, 2.75) is 6.92 Å². The molecule has 3 rings (SSSR count). The second-order valence-electron chi connectivity index (χ2n) is 5.68. The van der Waals surface area contributed by atoms with Crippen molar-refractivity contribution in [2.75, 3.05) is 11.5 Å². The largest absolute Gasteiger partial charge is 0.492 e. The van der Waals surface area contributed by atoms with E-state index in [1.54, 1.807) is 24.3 Å². The summed E-state index contributed by atoms with van der Waals surface area (Å²) in [5, 5.41) is 2.22. The summed E-state index contributed by atoms with van der Waals surface area (Å²) in [6, 6.07) is 9.55. The zero-order valence-electron chi connectivity index (χ0n) is 14.5. The SMILES string of the molecule is CCOc1c(I)cc(/C=C2\C(=O)NC(=O)N(c3ccc(Br)cc3)C2=O)cc1I. The fourth-order valence-electron chi connectivity index (χ4n) is 2.59. The van der Waals surface area contributed by atoms with Crippen LogP contribution in [-0.2, 0) is 9.59 Å². The van der Waals surface area contributed by atoms with Gasteiger partial charge in [-0.1, -0.05) is 15.9 Å². The minimum atomic E-state index is -0.773. The number of urea groups is 1. The van der Waals surface area contributed by atoms with E-state index in [1.807, 2.05) is 19.1 Å². The Morgan fingerprint density at radius 2 is 1.71 bits per heavy atom. The second-order valence-corrected chi connectivity index (χ2v) is 8.92. The first-order chi connectivity index (χ1) is 13.3. The highest BCUT2D eigenvalue weighted by Crippen LogP contribution is 2.30. The molecule has 28 heavy (non-hydrogen) atoms.